The van der Waals surface area contributed by atoms with E-state index >= 15 is 0 Å². The maximum absolute atomic E-state index is 11.3. The fraction of sp³-hybridized carbons (Fsp3) is 0.111. The van der Waals surface area contributed by atoms with Gasteiger partial charge in [0, 0.05) is 5.56 Å². The molecule has 1 aliphatic rings. The summed E-state index contributed by atoms with van der Waals surface area (Å²) in [5, 5.41) is 1.94. The number of carbonyl (C=O) groups excluding carboxylic acids is 2. The van der Waals surface area contributed by atoms with E-state index in [1.165, 1.54) is 0 Å². The highest BCUT2D eigenvalue weighted by atomic mass is 35.5. The van der Waals surface area contributed by atoms with Crippen molar-refractivity contribution in [2.45, 2.75) is 6.04 Å². The summed E-state index contributed by atoms with van der Waals surface area (Å²) in [5.41, 5.74) is 1.19. The molecule has 0 aliphatic carbocycles. The number of hydrogen-bond donors (Lipinski definition) is 1. The van der Waals surface area contributed by atoms with Gasteiger partial charge in [-0.05, 0) is 23.2 Å². The normalized spacial score (nSPS) is 19.5. The van der Waals surface area contributed by atoms with Crippen molar-refractivity contribution in [3.63, 3.8) is 0 Å². The Labute approximate surface area is 79.7 Å². The van der Waals surface area contributed by atoms with Crippen molar-refractivity contribution in [3.05, 3.63) is 35.4 Å². The van der Waals surface area contributed by atoms with E-state index in [0.29, 0.717) is 11.1 Å². The fourth-order valence-electron chi connectivity index (χ4n) is 1.42. The number of fused-ring (bicyclic) bond motifs is 1. The van der Waals surface area contributed by atoms with Crippen molar-refractivity contribution in [1.29, 1.82) is 0 Å². The maximum Gasteiger partial charge on any atom is 0.252 e. The van der Waals surface area contributed by atoms with Crippen molar-refractivity contribution in [2.75, 3.05) is 0 Å². The van der Waals surface area contributed by atoms with Crippen LogP contribution >= 0.6 is 11.6 Å². The molecule has 1 amide bonds. The Morgan fingerprint density at radius 3 is 2.77 bits per heavy atom. The fourth-order valence-corrected chi connectivity index (χ4v) is 1.59. The topological polar surface area (TPSA) is 46.2 Å². The van der Waals surface area contributed by atoms with Gasteiger partial charge in [0.05, 0.1) is 0 Å². The number of carbonyl (C=O) groups is 2. The third-order valence-electron chi connectivity index (χ3n) is 2.02. The molecule has 1 aromatic rings. The van der Waals surface area contributed by atoms with Crippen LogP contribution < -0.4 is 5.32 Å². The van der Waals surface area contributed by atoms with Crippen molar-refractivity contribution in [3.8, 4) is 0 Å². The molecule has 0 spiro atoms. The Bertz CT molecular complexity index is 389. The first-order valence-electron chi connectivity index (χ1n) is 3.79. The lowest BCUT2D eigenvalue weighted by molar-refractivity contribution is -0.113. The lowest BCUT2D eigenvalue weighted by Crippen LogP contribution is -2.22. The summed E-state index contributed by atoms with van der Waals surface area (Å²) in [6, 6.07) is 6.24. The van der Waals surface area contributed by atoms with Gasteiger partial charge in [0.1, 0.15) is 6.04 Å². The minimum absolute atomic E-state index is 0.241. The predicted octanol–water partition coefficient (Wildman–Crippen LogP) is 1.24. The molecule has 1 atom stereocenters. The number of hydrogen-bond acceptors (Lipinski definition) is 2. The standard InChI is InChI=1S/C9H6ClNO2/c10-8(12)7-5-3-1-2-4-6(5)9(13)11-7/h1-4,7H,(H,11,13). The minimum atomic E-state index is -0.676. The van der Waals surface area contributed by atoms with E-state index < -0.39 is 11.3 Å². The van der Waals surface area contributed by atoms with Gasteiger partial charge < -0.3 is 5.32 Å². The zero-order valence-electron chi connectivity index (χ0n) is 6.58. The molecule has 0 bridgehead atoms. The number of nitrogens with one attached hydrogen (secondary N) is 1. The highest BCUT2D eigenvalue weighted by Gasteiger charge is 2.31. The van der Waals surface area contributed by atoms with Crippen LogP contribution in [-0.2, 0) is 4.79 Å². The van der Waals surface area contributed by atoms with Crippen LogP contribution in [0, 0.1) is 0 Å². The summed E-state index contributed by atoms with van der Waals surface area (Å²) in [4.78, 5) is 22.2. The summed E-state index contributed by atoms with van der Waals surface area (Å²) in [6.07, 6.45) is 0. The van der Waals surface area contributed by atoms with Crippen molar-refractivity contribution in [2.24, 2.45) is 0 Å². The lowest BCUT2D eigenvalue weighted by Gasteiger charge is -2.03. The summed E-state index contributed by atoms with van der Waals surface area (Å²) < 4.78 is 0. The van der Waals surface area contributed by atoms with E-state index in [4.69, 9.17) is 11.6 Å². The maximum atomic E-state index is 11.3. The second-order valence-corrected chi connectivity index (χ2v) is 3.17. The van der Waals surface area contributed by atoms with Gasteiger partial charge in [-0.1, -0.05) is 18.2 Å². The molecule has 1 aromatic carbocycles. The third kappa shape index (κ3) is 1.21. The van der Waals surface area contributed by atoms with Crippen molar-refractivity contribution in [1.82, 2.24) is 5.32 Å². The van der Waals surface area contributed by atoms with Gasteiger partial charge in [-0.2, -0.15) is 0 Å². The molecule has 0 aromatic heterocycles. The monoisotopic (exact) mass is 195 g/mol. The van der Waals surface area contributed by atoms with Gasteiger partial charge in [-0.25, -0.2) is 0 Å². The van der Waals surface area contributed by atoms with Crippen molar-refractivity contribution < 1.29 is 9.59 Å². The van der Waals surface area contributed by atoms with Gasteiger partial charge in [0.25, 0.3) is 5.91 Å². The Kier molecular flexibility index (Phi) is 1.81. The molecule has 0 saturated carbocycles. The van der Waals surface area contributed by atoms with E-state index in [0.717, 1.165) is 0 Å². The highest BCUT2D eigenvalue weighted by Crippen LogP contribution is 2.26. The summed E-state index contributed by atoms with van der Waals surface area (Å²) in [6.45, 7) is 0. The van der Waals surface area contributed by atoms with Gasteiger partial charge >= 0.3 is 0 Å². The second-order valence-electron chi connectivity index (χ2n) is 2.80. The summed E-state index contributed by atoms with van der Waals surface area (Å²) in [5.74, 6) is -0.241. The average molecular weight is 196 g/mol. The average Bonchev–Trinajstić information content (AvgIpc) is 2.45. The number of benzene rings is 1. The van der Waals surface area contributed by atoms with Gasteiger partial charge in [-0.15, -0.1) is 0 Å². The van der Waals surface area contributed by atoms with E-state index in [9.17, 15) is 9.59 Å². The van der Waals surface area contributed by atoms with E-state index in [1.807, 2.05) is 0 Å². The number of amides is 1. The molecule has 0 saturated heterocycles. The second kappa shape index (κ2) is 2.85. The molecule has 1 aliphatic heterocycles. The number of rotatable bonds is 1. The van der Waals surface area contributed by atoms with Crippen LogP contribution in [0.4, 0.5) is 0 Å². The van der Waals surface area contributed by atoms with Crippen LogP contribution in [0.25, 0.3) is 0 Å². The predicted molar refractivity (Wildman–Crippen MR) is 47.5 cm³/mol. The van der Waals surface area contributed by atoms with Crippen LogP contribution in [0.5, 0.6) is 0 Å². The van der Waals surface area contributed by atoms with Crippen LogP contribution in [0.3, 0.4) is 0 Å². The molecule has 13 heavy (non-hydrogen) atoms. The Balaban J connectivity index is 2.53. The molecule has 0 fully saturated rings. The highest BCUT2D eigenvalue weighted by molar-refractivity contribution is 6.65. The molecule has 1 N–H and O–H groups in total. The largest absolute Gasteiger partial charge is 0.337 e. The van der Waals surface area contributed by atoms with Crippen LogP contribution in [0.1, 0.15) is 22.0 Å². The quantitative estimate of drug-likeness (QED) is 0.686. The first kappa shape index (κ1) is 8.26. The summed E-state index contributed by atoms with van der Waals surface area (Å²) >= 11 is 5.32. The third-order valence-corrected chi connectivity index (χ3v) is 2.24. The molecule has 2 rings (SSSR count). The molecule has 4 heteroatoms. The van der Waals surface area contributed by atoms with Crippen molar-refractivity contribution >= 4 is 22.8 Å². The SMILES string of the molecule is O=C1NC(C(=O)Cl)c2ccccc21. The van der Waals surface area contributed by atoms with E-state index in [1.54, 1.807) is 24.3 Å². The Morgan fingerprint density at radius 1 is 1.38 bits per heavy atom. The van der Waals surface area contributed by atoms with Crippen LogP contribution in [0.15, 0.2) is 24.3 Å². The first-order valence-corrected chi connectivity index (χ1v) is 4.17. The lowest BCUT2D eigenvalue weighted by atomic mass is 10.1. The minimum Gasteiger partial charge on any atom is -0.337 e. The smallest absolute Gasteiger partial charge is 0.252 e. The van der Waals surface area contributed by atoms with E-state index in [-0.39, 0.29) is 5.91 Å². The van der Waals surface area contributed by atoms with Crippen LogP contribution in [0.2, 0.25) is 0 Å². The zero-order valence-corrected chi connectivity index (χ0v) is 7.34. The summed E-state index contributed by atoms with van der Waals surface area (Å²) in [7, 11) is 0. The van der Waals surface area contributed by atoms with Gasteiger partial charge in [0.2, 0.25) is 5.24 Å². The zero-order chi connectivity index (χ0) is 9.42. The molecule has 1 heterocycles. The molecule has 3 nitrogen and oxygen atoms in total. The van der Waals surface area contributed by atoms with Gasteiger partial charge in [0.15, 0.2) is 0 Å². The molecule has 1 unspecified atom stereocenters. The first-order chi connectivity index (χ1) is 6.20. The number of halogens is 1. The van der Waals surface area contributed by atoms with Crippen LogP contribution in [-0.4, -0.2) is 11.1 Å². The molecular formula is C9H6ClNO2. The molecule has 66 valence electrons. The Morgan fingerprint density at radius 2 is 2.08 bits per heavy atom. The molecule has 0 radical (unpaired) electrons. The van der Waals surface area contributed by atoms with E-state index in [2.05, 4.69) is 5.32 Å². The van der Waals surface area contributed by atoms with Gasteiger partial charge in [-0.3, -0.25) is 9.59 Å². The molecular weight excluding hydrogens is 190 g/mol. The Hall–Kier alpha value is -1.35.